The zero-order chi connectivity index (χ0) is 10.8. The molecule has 1 heterocycles. The number of aromatic nitrogens is 2. The van der Waals surface area contributed by atoms with Gasteiger partial charge >= 0.3 is 0 Å². The predicted molar refractivity (Wildman–Crippen MR) is 59.7 cm³/mol. The van der Waals surface area contributed by atoms with Gasteiger partial charge in [0.15, 0.2) is 0 Å². The Balaban J connectivity index is 2.54. The number of aromatic amines is 1. The van der Waals surface area contributed by atoms with Crippen molar-refractivity contribution in [2.24, 2.45) is 0 Å². The van der Waals surface area contributed by atoms with Gasteiger partial charge in [-0.05, 0) is 24.3 Å². The number of halogens is 1. The number of rotatable bonds is 1. The highest BCUT2D eigenvalue weighted by atomic mass is 35.5. The Morgan fingerprint density at radius 3 is 2.53 bits per heavy atom. The van der Waals surface area contributed by atoms with E-state index in [1.54, 1.807) is 24.3 Å². The van der Waals surface area contributed by atoms with Crippen LogP contribution in [0.15, 0.2) is 35.1 Å². The van der Waals surface area contributed by atoms with E-state index in [1.807, 2.05) is 0 Å². The molecule has 0 radical (unpaired) electrons. The third-order valence-corrected chi connectivity index (χ3v) is 2.13. The highest BCUT2D eigenvalue weighted by Gasteiger charge is 2.01. The Kier molecular flexibility index (Phi) is 2.43. The molecule has 4 nitrogen and oxygen atoms in total. The maximum absolute atomic E-state index is 11.1. The van der Waals surface area contributed by atoms with E-state index in [9.17, 15) is 4.79 Å². The zero-order valence-corrected chi connectivity index (χ0v) is 8.45. The van der Waals surface area contributed by atoms with Crippen molar-refractivity contribution in [1.82, 2.24) is 9.97 Å². The van der Waals surface area contributed by atoms with E-state index < -0.39 is 0 Å². The number of nitrogens with two attached hydrogens (primary N) is 1. The second-order valence-corrected chi connectivity index (χ2v) is 3.46. The van der Waals surface area contributed by atoms with Gasteiger partial charge in [-0.1, -0.05) is 11.6 Å². The van der Waals surface area contributed by atoms with Gasteiger partial charge in [-0.3, -0.25) is 4.79 Å². The summed E-state index contributed by atoms with van der Waals surface area (Å²) in [5, 5.41) is 0.630. The van der Waals surface area contributed by atoms with Crippen molar-refractivity contribution in [3.63, 3.8) is 0 Å². The van der Waals surface area contributed by atoms with Crippen LogP contribution in [0.25, 0.3) is 11.4 Å². The van der Waals surface area contributed by atoms with Gasteiger partial charge in [0.25, 0.3) is 5.56 Å². The van der Waals surface area contributed by atoms with Crippen molar-refractivity contribution in [2.45, 2.75) is 0 Å². The van der Waals surface area contributed by atoms with E-state index in [2.05, 4.69) is 9.97 Å². The Labute approximate surface area is 90.7 Å². The van der Waals surface area contributed by atoms with E-state index in [4.69, 9.17) is 17.3 Å². The Morgan fingerprint density at radius 2 is 1.93 bits per heavy atom. The van der Waals surface area contributed by atoms with Crippen LogP contribution < -0.4 is 11.3 Å². The Morgan fingerprint density at radius 1 is 1.27 bits per heavy atom. The van der Waals surface area contributed by atoms with E-state index in [0.717, 1.165) is 5.56 Å². The summed E-state index contributed by atoms with van der Waals surface area (Å²) in [5.41, 5.74) is 5.97. The van der Waals surface area contributed by atoms with Crippen LogP contribution in [0.5, 0.6) is 0 Å². The summed E-state index contributed by atoms with van der Waals surface area (Å²) in [5.74, 6) is 0.639. The number of nitrogens with one attached hydrogen (secondary N) is 1. The van der Waals surface area contributed by atoms with Crippen LogP contribution in [-0.2, 0) is 0 Å². The number of nitrogen functional groups attached to an aromatic ring is 1. The van der Waals surface area contributed by atoms with Crippen LogP contribution in [0.3, 0.4) is 0 Å². The number of anilines is 1. The molecule has 0 aliphatic rings. The van der Waals surface area contributed by atoms with Gasteiger partial charge in [0.1, 0.15) is 11.6 Å². The molecule has 0 saturated heterocycles. The molecular formula is C10H8ClN3O. The molecule has 0 unspecified atom stereocenters. The molecule has 0 amide bonds. The second kappa shape index (κ2) is 3.74. The van der Waals surface area contributed by atoms with Crippen LogP contribution in [0, 0.1) is 0 Å². The van der Waals surface area contributed by atoms with E-state index in [0.29, 0.717) is 10.8 Å². The standard InChI is InChI=1S/C10H8ClN3O/c11-7-3-1-6(2-4-7)10-13-8(12)5-9(15)14-10/h1-5H,(H3,12,13,14,15). The lowest BCUT2D eigenvalue weighted by molar-refractivity contribution is 1.14. The van der Waals surface area contributed by atoms with Gasteiger partial charge in [-0.25, -0.2) is 4.98 Å². The first-order valence-corrected chi connectivity index (χ1v) is 4.66. The van der Waals surface area contributed by atoms with Crippen molar-refractivity contribution < 1.29 is 0 Å². The molecule has 0 aliphatic heterocycles. The average molecular weight is 222 g/mol. The molecule has 0 fully saturated rings. The zero-order valence-electron chi connectivity index (χ0n) is 7.70. The molecule has 5 heteroatoms. The molecule has 1 aromatic heterocycles. The van der Waals surface area contributed by atoms with Gasteiger partial charge < -0.3 is 10.7 Å². The lowest BCUT2D eigenvalue weighted by atomic mass is 10.2. The van der Waals surface area contributed by atoms with Crippen LogP contribution in [-0.4, -0.2) is 9.97 Å². The maximum Gasteiger partial charge on any atom is 0.253 e. The molecule has 76 valence electrons. The van der Waals surface area contributed by atoms with E-state index in [-0.39, 0.29) is 11.4 Å². The summed E-state index contributed by atoms with van der Waals surface area (Å²) >= 11 is 5.74. The fraction of sp³-hybridized carbons (Fsp3) is 0. The molecular weight excluding hydrogens is 214 g/mol. The van der Waals surface area contributed by atoms with Gasteiger partial charge in [0, 0.05) is 16.7 Å². The van der Waals surface area contributed by atoms with Crippen LogP contribution in [0.1, 0.15) is 0 Å². The summed E-state index contributed by atoms with van der Waals surface area (Å²) in [6, 6.07) is 8.21. The third kappa shape index (κ3) is 2.16. The molecule has 0 spiro atoms. The molecule has 0 aliphatic carbocycles. The second-order valence-electron chi connectivity index (χ2n) is 3.03. The first-order chi connectivity index (χ1) is 7.15. The van der Waals surface area contributed by atoms with Crippen molar-refractivity contribution in [3.8, 4) is 11.4 Å². The summed E-state index contributed by atoms with van der Waals surface area (Å²) in [4.78, 5) is 17.8. The SMILES string of the molecule is Nc1cc(=O)[nH]c(-c2ccc(Cl)cc2)n1. The Bertz CT molecular complexity index is 533. The molecule has 0 atom stereocenters. The lowest BCUT2D eigenvalue weighted by Gasteiger charge is -2.01. The minimum absolute atomic E-state index is 0.198. The first-order valence-electron chi connectivity index (χ1n) is 4.28. The van der Waals surface area contributed by atoms with Crippen molar-refractivity contribution in [3.05, 3.63) is 45.7 Å². The minimum Gasteiger partial charge on any atom is -0.383 e. The number of hydrogen-bond donors (Lipinski definition) is 2. The molecule has 2 aromatic rings. The summed E-state index contributed by atoms with van der Waals surface area (Å²) in [6.45, 7) is 0. The van der Waals surface area contributed by atoms with Gasteiger partial charge in [-0.2, -0.15) is 0 Å². The van der Waals surface area contributed by atoms with Crippen molar-refractivity contribution >= 4 is 17.4 Å². The van der Waals surface area contributed by atoms with Crippen molar-refractivity contribution in [2.75, 3.05) is 5.73 Å². The number of H-pyrrole nitrogens is 1. The van der Waals surface area contributed by atoms with E-state index in [1.165, 1.54) is 6.07 Å². The highest BCUT2D eigenvalue weighted by Crippen LogP contribution is 2.17. The molecule has 0 bridgehead atoms. The number of nitrogens with zero attached hydrogens (tertiary/aromatic N) is 1. The fourth-order valence-electron chi connectivity index (χ4n) is 1.22. The van der Waals surface area contributed by atoms with Crippen LogP contribution in [0.2, 0.25) is 5.02 Å². The lowest BCUT2D eigenvalue weighted by Crippen LogP contribution is -2.09. The topological polar surface area (TPSA) is 71.8 Å². The molecule has 2 rings (SSSR count). The highest BCUT2D eigenvalue weighted by molar-refractivity contribution is 6.30. The monoisotopic (exact) mass is 221 g/mol. The normalized spacial score (nSPS) is 10.2. The molecule has 15 heavy (non-hydrogen) atoms. The van der Waals surface area contributed by atoms with Crippen LogP contribution in [0.4, 0.5) is 5.82 Å². The molecule has 3 N–H and O–H groups in total. The first kappa shape index (κ1) is 9.73. The summed E-state index contributed by atoms with van der Waals surface area (Å²) < 4.78 is 0. The minimum atomic E-state index is -0.271. The molecule has 0 saturated carbocycles. The summed E-state index contributed by atoms with van der Waals surface area (Å²) in [7, 11) is 0. The van der Waals surface area contributed by atoms with Gasteiger partial charge in [0.2, 0.25) is 0 Å². The van der Waals surface area contributed by atoms with Crippen LogP contribution >= 0.6 is 11.6 Å². The average Bonchev–Trinajstić information content (AvgIpc) is 2.17. The third-order valence-electron chi connectivity index (χ3n) is 1.88. The predicted octanol–water partition coefficient (Wildman–Crippen LogP) is 1.67. The van der Waals surface area contributed by atoms with Gasteiger partial charge in [0.05, 0.1) is 0 Å². The largest absolute Gasteiger partial charge is 0.383 e. The maximum atomic E-state index is 11.1. The summed E-state index contributed by atoms with van der Waals surface area (Å²) in [6.07, 6.45) is 0. The van der Waals surface area contributed by atoms with Gasteiger partial charge in [-0.15, -0.1) is 0 Å². The smallest absolute Gasteiger partial charge is 0.253 e. The van der Waals surface area contributed by atoms with Crippen molar-refractivity contribution in [1.29, 1.82) is 0 Å². The molecule has 1 aromatic carbocycles. The van der Waals surface area contributed by atoms with E-state index >= 15 is 0 Å². The fourth-order valence-corrected chi connectivity index (χ4v) is 1.35. The quantitative estimate of drug-likeness (QED) is 0.770. The number of benzene rings is 1. The Hall–Kier alpha value is -1.81. The number of hydrogen-bond acceptors (Lipinski definition) is 3.